The Morgan fingerprint density at radius 3 is 3.09 bits per heavy atom. The van der Waals surface area contributed by atoms with Crippen molar-refractivity contribution in [3.05, 3.63) is 22.4 Å². The number of rotatable bonds is 3. The fraction of sp³-hybridized carbons (Fsp3) is 0.375. The molecule has 1 N–H and O–H groups in total. The highest BCUT2D eigenvalue weighted by Gasteiger charge is 1.96. The topological polar surface area (TPSA) is 29.1 Å². The Morgan fingerprint density at radius 1 is 1.73 bits per heavy atom. The van der Waals surface area contributed by atoms with E-state index in [1.165, 1.54) is 5.56 Å². The van der Waals surface area contributed by atoms with E-state index in [1.54, 1.807) is 11.3 Å². The van der Waals surface area contributed by atoms with Gasteiger partial charge < -0.3 is 5.32 Å². The molecule has 0 aliphatic heterocycles. The van der Waals surface area contributed by atoms with Crippen LogP contribution in [0.2, 0.25) is 0 Å². The monoisotopic (exact) mass is 169 g/mol. The van der Waals surface area contributed by atoms with Gasteiger partial charge in [0, 0.05) is 13.0 Å². The van der Waals surface area contributed by atoms with Crippen LogP contribution in [0, 0.1) is 0 Å². The summed E-state index contributed by atoms with van der Waals surface area (Å²) in [6, 6.07) is 2.01. The van der Waals surface area contributed by atoms with Crippen molar-refractivity contribution in [1.82, 2.24) is 5.32 Å². The number of amides is 1. The van der Waals surface area contributed by atoms with Crippen LogP contribution in [0.5, 0.6) is 0 Å². The van der Waals surface area contributed by atoms with Crippen molar-refractivity contribution in [3.8, 4) is 0 Å². The molecule has 0 spiro atoms. The van der Waals surface area contributed by atoms with E-state index in [1.807, 2.05) is 23.8 Å². The van der Waals surface area contributed by atoms with Gasteiger partial charge in [0.25, 0.3) is 0 Å². The third kappa shape index (κ3) is 2.72. The van der Waals surface area contributed by atoms with Gasteiger partial charge in [0.15, 0.2) is 0 Å². The lowest BCUT2D eigenvalue weighted by Gasteiger charge is -1.99. The predicted octanol–water partition coefficient (Wildman–Crippen LogP) is 1.77. The van der Waals surface area contributed by atoms with Crippen molar-refractivity contribution >= 4 is 17.2 Å². The molecule has 0 saturated carbocycles. The number of thiophene rings is 1. The Bertz CT molecular complexity index is 218. The summed E-state index contributed by atoms with van der Waals surface area (Å²) in [7, 11) is 0. The largest absolute Gasteiger partial charge is 0.352 e. The first-order valence-corrected chi connectivity index (χ1v) is 4.55. The second-order valence-electron chi connectivity index (χ2n) is 2.26. The minimum atomic E-state index is 0.108. The SMILES string of the molecule is CCC(=O)NCc1ccsc1. The van der Waals surface area contributed by atoms with Gasteiger partial charge in [0.1, 0.15) is 0 Å². The van der Waals surface area contributed by atoms with Crippen LogP contribution in [0.15, 0.2) is 16.8 Å². The zero-order valence-corrected chi connectivity index (χ0v) is 7.28. The highest BCUT2D eigenvalue weighted by Crippen LogP contribution is 2.04. The minimum Gasteiger partial charge on any atom is -0.352 e. The van der Waals surface area contributed by atoms with Crippen LogP contribution < -0.4 is 5.32 Å². The maximum absolute atomic E-state index is 10.8. The van der Waals surface area contributed by atoms with Crippen molar-refractivity contribution in [2.75, 3.05) is 0 Å². The molecule has 0 aliphatic rings. The molecule has 0 radical (unpaired) electrons. The van der Waals surface area contributed by atoms with E-state index >= 15 is 0 Å². The van der Waals surface area contributed by atoms with Crippen LogP contribution in [0.3, 0.4) is 0 Å². The van der Waals surface area contributed by atoms with E-state index in [2.05, 4.69) is 5.32 Å². The van der Waals surface area contributed by atoms with Crippen molar-refractivity contribution in [2.24, 2.45) is 0 Å². The maximum Gasteiger partial charge on any atom is 0.219 e. The quantitative estimate of drug-likeness (QED) is 0.734. The Morgan fingerprint density at radius 2 is 2.55 bits per heavy atom. The number of hydrogen-bond acceptors (Lipinski definition) is 2. The molecule has 0 aromatic carbocycles. The lowest BCUT2D eigenvalue weighted by Crippen LogP contribution is -2.20. The third-order valence-electron chi connectivity index (χ3n) is 1.39. The molecule has 1 rings (SSSR count). The normalized spacial score (nSPS) is 9.55. The van der Waals surface area contributed by atoms with Crippen molar-refractivity contribution < 1.29 is 4.79 Å². The zero-order chi connectivity index (χ0) is 8.10. The van der Waals surface area contributed by atoms with E-state index in [0.717, 1.165) is 0 Å². The lowest BCUT2D eigenvalue weighted by atomic mass is 10.3. The van der Waals surface area contributed by atoms with Crippen LogP contribution in [0.25, 0.3) is 0 Å². The summed E-state index contributed by atoms with van der Waals surface area (Å²) >= 11 is 1.65. The molecule has 1 aromatic rings. The van der Waals surface area contributed by atoms with E-state index < -0.39 is 0 Å². The molecule has 0 bridgehead atoms. The van der Waals surface area contributed by atoms with E-state index in [-0.39, 0.29) is 5.91 Å². The van der Waals surface area contributed by atoms with E-state index in [4.69, 9.17) is 0 Å². The molecule has 1 heterocycles. The first kappa shape index (κ1) is 8.27. The second kappa shape index (κ2) is 4.13. The van der Waals surface area contributed by atoms with Gasteiger partial charge in [0.2, 0.25) is 5.91 Å². The summed E-state index contributed by atoms with van der Waals surface area (Å²) < 4.78 is 0. The molecule has 2 nitrogen and oxygen atoms in total. The second-order valence-corrected chi connectivity index (χ2v) is 3.04. The summed E-state index contributed by atoms with van der Waals surface area (Å²) in [5.74, 6) is 0.108. The summed E-state index contributed by atoms with van der Waals surface area (Å²) in [5, 5.41) is 6.85. The highest BCUT2D eigenvalue weighted by molar-refractivity contribution is 7.07. The van der Waals surface area contributed by atoms with Gasteiger partial charge in [-0.05, 0) is 22.4 Å². The number of carbonyl (C=O) groups is 1. The van der Waals surface area contributed by atoms with E-state index in [9.17, 15) is 4.79 Å². The third-order valence-corrected chi connectivity index (χ3v) is 2.12. The Hall–Kier alpha value is -0.830. The van der Waals surface area contributed by atoms with Crippen LogP contribution in [-0.2, 0) is 11.3 Å². The smallest absolute Gasteiger partial charge is 0.219 e. The zero-order valence-electron chi connectivity index (χ0n) is 6.46. The molecule has 60 valence electrons. The molecule has 1 amide bonds. The molecule has 0 aliphatic carbocycles. The molecule has 11 heavy (non-hydrogen) atoms. The van der Waals surface area contributed by atoms with Gasteiger partial charge >= 0.3 is 0 Å². The highest BCUT2D eigenvalue weighted by atomic mass is 32.1. The van der Waals surface area contributed by atoms with Crippen molar-refractivity contribution in [1.29, 1.82) is 0 Å². The van der Waals surface area contributed by atoms with Crippen molar-refractivity contribution in [3.63, 3.8) is 0 Å². The summed E-state index contributed by atoms with van der Waals surface area (Å²) in [6.07, 6.45) is 0.560. The molecule has 0 saturated heterocycles. The molecule has 0 atom stereocenters. The number of nitrogens with one attached hydrogen (secondary N) is 1. The van der Waals surface area contributed by atoms with Crippen LogP contribution in [0.4, 0.5) is 0 Å². The first-order chi connectivity index (χ1) is 5.33. The predicted molar refractivity (Wildman–Crippen MR) is 46.5 cm³/mol. The Labute approximate surface area is 70.2 Å². The Balaban J connectivity index is 2.29. The molecule has 1 aromatic heterocycles. The average Bonchev–Trinajstić information content (AvgIpc) is 2.52. The molecular formula is C8H11NOS. The van der Waals surface area contributed by atoms with Crippen LogP contribution >= 0.6 is 11.3 Å². The summed E-state index contributed by atoms with van der Waals surface area (Å²) in [4.78, 5) is 10.8. The average molecular weight is 169 g/mol. The maximum atomic E-state index is 10.8. The molecular weight excluding hydrogens is 158 g/mol. The van der Waals surface area contributed by atoms with Crippen LogP contribution in [-0.4, -0.2) is 5.91 Å². The van der Waals surface area contributed by atoms with Gasteiger partial charge in [-0.25, -0.2) is 0 Å². The Kier molecular flexibility index (Phi) is 3.11. The van der Waals surface area contributed by atoms with Crippen molar-refractivity contribution in [2.45, 2.75) is 19.9 Å². The summed E-state index contributed by atoms with van der Waals surface area (Å²) in [5.41, 5.74) is 1.18. The molecule has 3 heteroatoms. The number of carbonyl (C=O) groups excluding carboxylic acids is 1. The van der Waals surface area contributed by atoms with Gasteiger partial charge in [-0.2, -0.15) is 11.3 Å². The van der Waals surface area contributed by atoms with Gasteiger partial charge in [-0.3, -0.25) is 4.79 Å². The minimum absolute atomic E-state index is 0.108. The first-order valence-electron chi connectivity index (χ1n) is 3.60. The fourth-order valence-corrected chi connectivity index (χ4v) is 1.39. The molecule has 0 fully saturated rings. The number of hydrogen-bond donors (Lipinski definition) is 1. The van der Waals surface area contributed by atoms with Gasteiger partial charge in [0.05, 0.1) is 0 Å². The fourth-order valence-electron chi connectivity index (χ4n) is 0.719. The van der Waals surface area contributed by atoms with E-state index in [0.29, 0.717) is 13.0 Å². The van der Waals surface area contributed by atoms with Gasteiger partial charge in [-0.15, -0.1) is 0 Å². The van der Waals surface area contributed by atoms with Gasteiger partial charge in [-0.1, -0.05) is 6.92 Å². The lowest BCUT2D eigenvalue weighted by molar-refractivity contribution is -0.120. The van der Waals surface area contributed by atoms with Crippen LogP contribution in [0.1, 0.15) is 18.9 Å². The summed E-state index contributed by atoms with van der Waals surface area (Å²) in [6.45, 7) is 2.51. The molecule has 0 unspecified atom stereocenters. The standard InChI is InChI=1S/C8H11NOS/c1-2-8(10)9-5-7-3-4-11-6-7/h3-4,6H,2,5H2,1H3,(H,9,10).